The van der Waals surface area contributed by atoms with Crippen LogP contribution in [0.3, 0.4) is 0 Å². The van der Waals surface area contributed by atoms with Gasteiger partial charge in [-0.15, -0.1) is 0 Å². The van der Waals surface area contributed by atoms with E-state index in [1.165, 1.54) is 13.4 Å². The molecule has 1 saturated heterocycles. The average Bonchev–Trinajstić information content (AvgIpc) is 2.40. The zero-order valence-corrected chi connectivity index (χ0v) is 10.2. The Labute approximate surface area is 104 Å². The number of hydrogen-bond acceptors (Lipinski definition) is 6. The minimum atomic E-state index is -0.508. The molecule has 0 unspecified atom stereocenters. The van der Waals surface area contributed by atoms with Gasteiger partial charge < -0.3 is 24.9 Å². The molecule has 0 bridgehead atoms. The highest BCUT2D eigenvalue weighted by atomic mass is 16.5. The third-order valence-electron chi connectivity index (χ3n) is 3.15. The molecule has 1 aliphatic heterocycles. The lowest BCUT2D eigenvalue weighted by molar-refractivity contribution is 0.0377. The van der Waals surface area contributed by atoms with Crippen molar-refractivity contribution in [1.82, 2.24) is 9.97 Å². The number of aliphatic hydroxyl groups is 1. The molecule has 1 fully saturated rings. The molecule has 0 amide bonds. The molecule has 100 valence electrons. The maximum atomic E-state index is 11.6. The first-order valence-corrected chi connectivity index (χ1v) is 5.79. The van der Waals surface area contributed by atoms with Gasteiger partial charge in [0.1, 0.15) is 0 Å². The van der Waals surface area contributed by atoms with Crippen molar-refractivity contribution < 1.29 is 14.6 Å². The van der Waals surface area contributed by atoms with E-state index in [0.717, 1.165) is 0 Å². The van der Waals surface area contributed by atoms with Crippen LogP contribution in [0.15, 0.2) is 11.1 Å². The summed E-state index contributed by atoms with van der Waals surface area (Å²) < 4.78 is 10.3. The predicted molar refractivity (Wildman–Crippen MR) is 64.9 cm³/mol. The summed E-state index contributed by atoms with van der Waals surface area (Å²) in [4.78, 5) is 18.1. The Morgan fingerprint density at radius 1 is 1.61 bits per heavy atom. The van der Waals surface area contributed by atoms with Gasteiger partial charge in [0.25, 0.3) is 5.56 Å². The number of nitrogens with zero attached hydrogens (tertiary/aromatic N) is 1. The molecule has 0 aromatic carbocycles. The Balaban J connectivity index is 2.26. The van der Waals surface area contributed by atoms with Crippen LogP contribution in [0.25, 0.3) is 0 Å². The quantitative estimate of drug-likeness (QED) is 0.685. The number of anilines is 1. The maximum Gasteiger partial charge on any atom is 0.295 e. The van der Waals surface area contributed by atoms with Crippen molar-refractivity contribution in [2.45, 2.75) is 18.4 Å². The molecule has 2 rings (SSSR count). The third-order valence-corrected chi connectivity index (χ3v) is 3.15. The van der Waals surface area contributed by atoms with E-state index in [2.05, 4.69) is 15.3 Å². The van der Waals surface area contributed by atoms with Gasteiger partial charge in [0, 0.05) is 13.2 Å². The van der Waals surface area contributed by atoms with Crippen molar-refractivity contribution in [1.29, 1.82) is 0 Å². The van der Waals surface area contributed by atoms with E-state index in [1.54, 1.807) is 0 Å². The second-order valence-corrected chi connectivity index (χ2v) is 4.29. The van der Waals surface area contributed by atoms with Crippen molar-refractivity contribution in [2.24, 2.45) is 0 Å². The lowest BCUT2D eigenvalue weighted by Gasteiger charge is -2.36. The summed E-state index contributed by atoms with van der Waals surface area (Å²) in [5.74, 6) is 0.467. The number of aliphatic hydroxyl groups excluding tert-OH is 1. The fraction of sp³-hybridized carbons (Fsp3) is 0.636. The molecular formula is C11H17N3O4. The summed E-state index contributed by atoms with van der Waals surface area (Å²) in [6.07, 6.45) is 2.61. The topological polar surface area (TPSA) is 96.5 Å². The minimum Gasteiger partial charge on any atom is -0.489 e. The van der Waals surface area contributed by atoms with E-state index in [4.69, 9.17) is 9.47 Å². The van der Waals surface area contributed by atoms with Crippen LogP contribution in [0, 0.1) is 0 Å². The van der Waals surface area contributed by atoms with Gasteiger partial charge in [-0.2, -0.15) is 0 Å². The Morgan fingerprint density at radius 2 is 2.33 bits per heavy atom. The van der Waals surface area contributed by atoms with Crippen molar-refractivity contribution in [2.75, 3.05) is 32.2 Å². The maximum absolute atomic E-state index is 11.6. The zero-order chi connectivity index (χ0) is 13.0. The number of aromatic amines is 1. The number of methoxy groups -OCH3 is 1. The number of H-pyrrole nitrogens is 1. The number of ether oxygens (including phenoxy) is 2. The molecule has 0 spiro atoms. The molecule has 0 radical (unpaired) electrons. The standard InChI is InChI=1S/C11H17N3O4/c1-17-8-9(12-7-13-10(8)16)14-11(6-15)2-4-18-5-3-11/h7,15H,2-6H2,1H3,(H2,12,13,14,16). The van der Waals surface area contributed by atoms with Gasteiger partial charge in [0.2, 0.25) is 5.75 Å². The highest BCUT2D eigenvalue weighted by Gasteiger charge is 2.33. The molecule has 2 heterocycles. The van der Waals surface area contributed by atoms with Gasteiger partial charge in [-0.3, -0.25) is 4.79 Å². The fourth-order valence-corrected chi connectivity index (χ4v) is 2.00. The molecule has 18 heavy (non-hydrogen) atoms. The number of aromatic nitrogens is 2. The van der Waals surface area contributed by atoms with Crippen LogP contribution in [0.5, 0.6) is 5.75 Å². The van der Waals surface area contributed by atoms with Crippen LogP contribution in [-0.4, -0.2) is 47.5 Å². The first-order valence-electron chi connectivity index (χ1n) is 5.79. The van der Waals surface area contributed by atoms with Crippen molar-refractivity contribution >= 4 is 5.82 Å². The summed E-state index contributed by atoms with van der Waals surface area (Å²) in [7, 11) is 1.41. The summed E-state index contributed by atoms with van der Waals surface area (Å²) in [5.41, 5.74) is -0.859. The summed E-state index contributed by atoms with van der Waals surface area (Å²) in [6, 6.07) is 0. The van der Waals surface area contributed by atoms with Crippen molar-refractivity contribution in [3.63, 3.8) is 0 Å². The molecule has 0 atom stereocenters. The van der Waals surface area contributed by atoms with Gasteiger partial charge >= 0.3 is 0 Å². The summed E-state index contributed by atoms with van der Waals surface area (Å²) >= 11 is 0. The van der Waals surface area contributed by atoms with E-state index >= 15 is 0 Å². The van der Waals surface area contributed by atoms with Gasteiger partial charge in [-0.1, -0.05) is 0 Å². The summed E-state index contributed by atoms with van der Waals surface area (Å²) in [5, 5.41) is 12.7. The number of rotatable bonds is 4. The molecule has 7 nitrogen and oxygen atoms in total. The third kappa shape index (κ3) is 2.46. The summed E-state index contributed by atoms with van der Waals surface area (Å²) in [6.45, 7) is 1.09. The van der Waals surface area contributed by atoms with Crippen LogP contribution in [0.1, 0.15) is 12.8 Å². The van der Waals surface area contributed by atoms with Crippen LogP contribution < -0.4 is 15.6 Å². The highest BCUT2D eigenvalue weighted by Crippen LogP contribution is 2.27. The normalized spacial score (nSPS) is 18.3. The fourth-order valence-electron chi connectivity index (χ4n) is 2.00. The molecule has 7 heteroatoms. The zero-order valence-electron chi connectivity index (χ0n) is 10.2. The van der Waals surface area contributed by atoms with Gasteiger partial charge in [-0.25, -0.2) is 4.98 Å². The van der Waals surface area contributed by atoms with E-state index in [9.17, 15) is 9.90 Å². The van der Waals surface area contributed by atoms with Crippen molar-refractivity contribution in [3.8, 4) is 5.75 Å². The molecule has 1 aromatic heterocycles. The Morgan fingerprint density at radius 3 is 2.94 bits per heavy atom. The second kappa shape index (κ2) is 5.36. The lowest BCUT2D eigenvalue weighted by atomic mass is 9.91. The first-order chi connectivity index (χ1) is 8.71. The molecule has 0 aliphatic carbocycles. The second-order valence-electron chi connectivity index (χ2n) is 4.29. The van der Waals surface area contributed by atoms with Crippen LogP contribution >= 0.6 is 0 Å². The Bertz CT molecular complexity index is 454. The van der Waals surface area contributed by atoms with E-state index in [-0.39, 0.29) is 17.9 Å². The van der Waals surface area contributed by atoms with Gasteiger partial charge in [0.15, 0.2) is 5.82 Å². The predicted octanol–water partition coefficient (Wildman–Crippen LogP) is -0.268. The van der Waals surface area contributed by atoms with Gasteiger partial charge in [-0.05, 0) is 12.8 Å². The first kappa shape index (κ1) is 12.8. The van der Waals surface area contributed by atoms with E-state index in [1.807, 2.05) is 0 Å². The molecular weight excluding hydrogens is 238 g/mol. The highest BCUT2D eigenvalue weighted by molar-refractivity contribution is 5.50. The van der Waals surface area contributed by atoms with E-state index in [0.29, 0.717) is 31.9 Å². The van der Waals surface area contributed by atoms with Gasteiger partial charge in [0.05, 0.1) is 25.6 Å². The monoisotopic (exact) mass is 255 g/mol. The molecule has 3 N–H and O–H groups in total. The van der Waals surface area contributed by atoms with Crippen LogP contribution in [0.2, 0.25) is 0 Å². The smallest absolute Gasteiger partial charge is 0.295 e. The average molecular weight is 255 g/mol. The Kier molecular flexibility index (Phi) is 3.83. The number of hydrogen-bond donors (Lipinski definition) is 3. The molecule has 0 saturated carbocycles. The largest absolute Gasteiger partial charge is 0.489 e. The molecule has 1 aromatic rings. The number of nitrogens with one attached hydrogen (secondary N) is 2. The van der Waals surface area contributed by atoms with Crippen LogP contribution in [-0.2, 0) is 4.74 Å². The lowest BCUT2D eigenvalue weighted by Crippen LogP contribution is -2.47. The van der Waals surface area contributed by atoms with E-state index < -0.39 is 5.54 Å². The SMILES string of the molecule is COc1c(NC2(CO)CCOCC2)nc[nH]c1=O. The molecule has 1 aliphatic rings. The van der Waals surface area contributed by atoms with Crippen LogP contribution in [0.4, 0.5) is 5.82 Å². The van der Waals surface area contributed by atoms with Crippen molar-refractivity contribution in [3.05, 3.63) is 16.7 Å². The Hall–Kier alpha value is -1.60. The minimum absolute atomic E-state index is 0.0476.